The van der Waals surface area contributed by atoms with Gasteiger partial charge in [-0.3, -0.25) is 4.79 Å². The number of hydrogen-bond acceptors (Lipinski definition) is 2. The minimum atomic E-state index is -0.860. The van der Waals surface area contributed by atoms with Gasteiger partial charge >= 0.3 is 5.97 Å². The van der Waals surface area contributed by atoms with Crippen molar-refractivity contribution in [3.05, 3.63) is 35.1 Å². The number of likely N-dealkylation sites (N-methyl/N-ethyl adjacent to an activating group) is 1. The second-order valence-electron chi connectivity index (χ2n) is 3.80. The fourth-order valence-electron chi connectivity index (χ4n) is 1.56. The number of aliphatic carboxylic acids is 1. The molecule has 3 nitrogen and oxygen atoms in total. The standard InChI is InChI=1S/C12H16FNO2/c1-8-7-9(3-5-10(8)13)4-6-11(14-2)12(15)16/h3,5,7,11,14H,4,6H2,1-2H3,(H,15,16). The normalized spacial score (nSPS) is 12.4. The van der Waals surface area contributed by atoms with Crippen LogP contribution < -0.4 is 5.32 Å². The molecule has 4 heteroatoms. The molecule has 1 rings (SSSR count). The number of carboxylic acid groups (broad SMARTS) is 1. The summed E-state index contributed by atoms with van der Waals surface area (Å²) in [5.41, 5.74) is 1.55. The molecular formula is C12H16FNO2. The molecule has 0 aliphatic carbocycles. The molecular weight excluding hydrogens is 209 g/mol. The summed E-state index contributed by atoms with van der Waals surface area (Å²) in [6.45, 7) is 1.70. The number of carbonyl (C=O) groups is 1. The molecule has 0 aliphatic heterocycles. The maximum absolute atomic E-state index is 13.0. The summed E-state index contributed by atoms with van der Waals surface area (Å²) in [4.78, 5) is 10.8. The van der Waals surface area contributed by atoms with Gasteiger partial charge in [-0.2, -0.15) is 0 Å². The van der Waals surface area contributed by atoms with Gasteiger partial charge in [0.15, 0.2) is 0 Å². The molecule has 0 saturated carbocycles. The van der Waals surface area contributed by atoms with Crippen LogP contribution in [-0.4, -0.2) is 24.2 Å². The third kappa shape index (κ3) is 3.31. The van der Waals surface area contributed by atoms with Crippen molar-refractivity contribution < 1.29 is 14.3 Å². The first-order valence-electron chi connectivity index (χ1n) is 5.19. The number of carboxylic acids is 1. The van der Waals surface area contributed by atoms with E-state index < -0.39 is 12.0 Å². The van der Waals surface area contributed by atoms with Crippen LogP contribution in [0, 0.1) is 12.7 Å². The first-order valence-corrected chi connectivity index (χ1v) is 5.19. The van der Waals surface area contributed by atoms with Crippen LogP contribution in [0.1, 0.15) is 17.5 Å². The van der Waals surface area contributed by atoms with E-state index in [1.165, 1.54) is 6.07 Å². The maximum Gasteiger partial charge on any atom is 0.320 e. The molecule has 1 unspecified atom stereocenters. The maximum atomic E-state index is 13.0. The summed E-state index contributed by atoms with van der Waals surface area (Å²) in [5.74, 6) is -1.09. The van der Waals surface area contributed by atoms with Gasteiger partial charge in [0.1, 0.15) is 11.9 Å². The number of rotatable bonds is 5. The molecule has 0 saturated heterocycles. The minimum Gasteiger partial charge on any atom is -0.480 e. The molecule has 1 aromatic carbocycles. The molecule has 0 spiro atoms. The zero-order valence-electron chi connectivity index (χ0n) is 9.46. The van der Waals surface area contributed by atoms with Crippen LogP contribution in [0.2, 0.25) is 0 Å². The number of nitrogens with one attached hydrogen (secondary N) is 1. The molecule has 0 fully saturated rings. The Morgan fingerprint density at radius 3 is 2.75 bits per heavy atom. The lowest BCUT2D eigenvalue weighted by atomic mass is 10.0. The van der Waals surface area contributed by atoms with Crippen molar-refractivity contribution in [2.75, 3.05) is 7.05 Å². The Kier molecular flexibility index (Phi) is 4.43. The van der Waals surface area contributed by atoms with Crippen LogP contribution in [0.25, 0.3) is 0 Å². The predicted octanol–water partition coefficient (Wildman–Crippen LogP) is 1.74. The van der Waals surface area contributed by atoms with E-state index in [0.717, 1.165) is 5.56 Å². The Morgan fingerprint density at radius 1 is 1.56 bits per heavy atom. The molecule has 88 valence electrons. The molecule has 0 radical (unpaired) electrons. The Bertz CT molecular complexity index is 379. The SMILES string of the molecule is CNC(CCc1ccc(F)c(C)c1)C(=O)O. The molecule has 16 heavy (non-hydrogen) atoms. The second-order valence-corrected chi connectivity index (χ2v) is 3.80. The van der Waals surface area contributed by atoms with Crippen LogP contribution in [0.3, 0.4) is 0 Å². The zero-order chi connectivity index (χ0) is 12.1. The van der Waals surface area contributed by atoms with Gasteiger partial charge in [-0.15, -0.1) is 0 Å². The monoisotopic (exact) mass is 225 g/mol. The first kappa shape index (κ1) is 12.6. The quantitative estimate of drug-likeness (QED) is 0.802. The van der Waals surface area contributed by atoms with Gasteiger partial charge in [-0.25, -0.2) is 4.39 Å². The molecule has 0 aromatic heterocycles. The lowest BCUT2D eigenvalue weighted by Crippen LogP contribution is -2.34. The van der Waals surface area contributed by atoms with Gasteiger partial charge in [0, 0.05) is 0 Å². The third-order valence-corrected chi connectivity index (χ3v) is 2.59. The summed E-state index contributed by atoms with van der Waals surface area (Å²) in [7, 11) is 1.62. The third-order valence-electron chi connectivity index (χ3n) is 2.59. The van der Waals surface area contributed by atoms with E-state index in [1.54, 1.807) is 26.1 Å². The van der Waals surface area contributed by atoms with Crippen molar-refractivity contribution >= 4 is 5.97 Å². The molecule has 1 atom stereocenters. The van der Waals surface area contributed by atoms with Crippen LogP contribution in [0.4, 0.5) is 4.39 Å². The van der Waals surface area contributed by atoms with Gasteiger partial charge < -0.3 is 10.4 Å². The smallest absolute Gasteiger partial charge is 0.320 e. The van der Waals surface area contributed by atoms with Crippen molar-refractivity contribution in [2.24, 2.45) is 0 Å². The van der Waals surface area contributed by atoms with Gasteiger partial charge in [0.2, 0.25) is 0 Å². The Morgan fingerprint density at radius 2 is 2.25 bits per heavy atom. The lowest BCUT2D eigenvalue weighted by Gasteiger charge is -2.11. The highest BCUT2D eigenvalue weighted by Crippen LogP contribution is 2.11. The van der Waals surface area contributed by atoms with E-state index in [9.17, 15) is 9.18 Å². The molecule has 0 bridgehead atoms. The minimum absolute atomic E-state index is 0.229. The number of hydrogen-bond donors (Lipinski definition) is 2. The van der Waals surface area contributed by atoms with Crippen molar-refractivity contribution in [1.82, 2.24) is 5.32 Å². The summed E-state index contributed by atoms with van der Waals surface area (Å²) >= 11 is 0. The number of aryl methyl sites for hydroxylation is 2. The van der Waals surface area contributed by atoms with Gasteiger partial charge in [-0.1, -0.05) is 12.1 Å². The van der Waals surface area contributed by atoms with Crippen molar-refractivity contribution in [1.29, 1.82) is 0 Å². The Hall–Kier alpha value is -1.42. The molecule has 1 aromatic rings. The van der Waals surface area contributed by atoms with Gasteiger partial charge in [0.25, 0.3) is 0 Å². The van der Waals surface area contributed by atoms with Crippen LogP contribution in [-0.2, 0) is 11.2 Å². The topological polar surface area (TPSA) is 49.3 Å². The van der Waals surface area contributed by atoms with Gasteiger partial charge in [0.05, 0.1) is 0 Å². The fraction of sp³-hybridized carbons (Fsp3) is 0.417. The van der Waals surface area contributed by atoms with E-state index in [2.05, 4.69) is 5.32 Å². The summed E-state index contributed by atoms with van der Waals surface area (Å²) in [5, 5.41) is 11.6. The van der Waals surface area contributed by atoms with Crippen molar-refractivity contribution in [3.8, 4) is 0 Å². The van der Waals surface area contributed by atoms with E-state index >= 15 is 0 Å². The lowest BCUT2D eigenvalue weighted by molar-refractivity contribution is -0.139. The summed E-state index contributed by atoms with van der Waals surface area (Å²) in [6, 6.07) is 4.31. The van der Waals surface area contributed by atoms with Crippen LogP contribution in [0.5, 0.6) is 0 Å². The average molecular weight is 225 g/mol. The fourth-order valence-corrected chi connectivity index (χ4v) is 1.56. The van der Waals surface area contributed by atoms with Crippen LogP contribution >= 0.6 is 0 Å². The van der Waals surface area contributed by atoms with E-state index in [0.29, 0.717) is 18.4 Å². The Balaban J connectivity index is 2.60. The average Bonchev–Trinajstić information content (AvgIpc) is 2.23. The zero-order valence-corrected chi connectivity index (χ0v) is 9.46. The van der Waals surface area contributed by atoms with Crippen LogP contribution in [0.15, 0.2) is 18.2 Å². The molecule has 0 aliphatic rings. The van der Waals surface area contributed by atoms with E-state index in [1.807, 2.05) is 0 Å². The van der Waals surface area contributed by atoms with E-state index in [4.69, 9.17) is 5.11 Å². The highest BCUT2D eigenvalue weighted by molar-refractivity contribution is 5.73. The highest BCUT2D eigenvalue weighted by atomic mass is 19.1. The van der Waals surface area contributed by atoms with E-state index in [-0.39, 0.29) is 5.82 Å². The van der Waals surface area contributed by atoms with Crippen molar-refractivity contribution in [2.45, 2.75) is 25.8 Å². The predicted molar refractivity (Wildman–Crippen MR) is 59.9 cm³/mol. The highest BCUT2D eigenvalue weighted by Gasteiger charge is 2.14. The van der Waals surface area contributed by atoms with Crippen molar-refractivity contribution in [3.63, 3.8) is 0 Å². The largest absolute Gasteiger partial charge is 0.480 e. The second kappa shape index (κ2) is 5.61. The molecule has 0 heterocycles. The molecule has 0 amide bonds. The number of benzene rings is 1. The molecule has 2 N–H and O–H groups in total. The summed E-state index contributed by atoms with van der Waals surface area (Å²) < 4.78 is 13.0. The first-order chi connectivity index (χ1) is 7.54. The Labute approximate surface area is 94.3 Å². The van der Waals surface area contributed by atoms with Gasteiger partial charge in [-0.05, 0) is 44.0 Å². The summed E-state index contributed by atoms with van der Waals surface area (Å²) in [6.07, 6.45) is 1.12. The number of halogens is 1.